The summed E-state index contributed by atoms with van der Waals surface area (Å²) in [5.74, 6) is -0.827. The van der Waals surface area contributed by atoms with Crippen LogP contribution >= 0.6 is 10.8 Å². The van der Waals surface area contributed by atoms with Crippen LogP contribution in [0.5, 0.6) is 0 Å². The summed E-state index contributed by atoms with van der Waals surface area (Å²) in [5, 5.41) is 2.17. The second kappa shape index (κ2) is 6.27. The molecule has 0 aliphatic heterocycles. The molecule has 0 aromatic heterocycles. The molecule has 0 atom stereocenters. The van der Waals surface area contributed by atoms with Crippen LogP contribution in [0.15, 0.2) is 0 Å². The molecule has 0 unspecified atom stereocenters. The van der Waals surface area contributed by atoms with Crippen molar-refractivity contribution in [2.45, 2.75) is 0 Å². The van der Waals surface area contributed by atoms with Crippen molar-refractivity contribution < 1.29 is 47.3 Å². The van der Waals surface area contributed by atoms with Gasteiger partial charge in [-0.15, -0.1) is 0 Å². The Morgan fingerprint density at radius 3 is 2.36 bits per heavy atom. The molecule has 0 saturated heterocycles. The van der Waals surface area contributed by atoms with E-state index < -0.39 is 15.1 Å². The normalized spacial score (nSPS) is 10.0. The molecule has 1 amide bonds. The molecule has 0 aromatic rings. The van der Waals surface area contributed by atoms with E-state index in [4.69, 9.17) is 0 Å². The average Bonchev–Trinajstić information content (AvgIpc) is 1.81. The first kappa shape index (κ1) is 14.3. The largest absolute Gasteiger partial charge is 1.00 e. The van der Waals surface area contributed by atoms with Crippen LogP contribution in [0.3, 0.4) is 0 Å². The van der Waals surface area contributed by atoms with Crippen LogP contribution in [0.1, 0.15) is 0 Å². The molecule has 11 heavy (non-hydrogen) atoms. The summed E-state index contributed by atoms with van der Waals surface area (Å²) in [6.07, 6.45) is 0. The Hall–Kier alpha value is 0.730. The minimum atomic E-state index is -4.32. The number of carbonyl (C=O) groups excluding carboxylic acids is 1. The van der Waals surface area contributed by atoms with Gasteiger partial charge in [0.2, 0.25) is 5.91 Å². The maximum atomic E-state index is 10.3. The van der Waals surface area contributed by atoms with Gasteiger partial charge in [-0.3, -0.25) is 4.79 Å². The van der Waals surface area contributed by atoms with E-state index in [0.29, 0.717) is 0 Å². The van der Waals surface area contributed by atoms with E-state index in [1.807, 2.05) is 0 Å². The summed E-state index contributed by atoms with van der Waals surface area (Å²) >= 11 is 0. The van der Waals surface area contributed by atoms with Crippen molar-refractivity contribution >= 4 is 25.9 Å². The van der Waals surface area contributed by atoms with Gasteiger partial charge in [-0.05, 0) is 10.8 Å². The summed E-state index contributed by atoms with van der Waals surface area (Å²) in [5.41, 5.74) is 0. The quantitative estimate of drug-likeness (QED) is 0.289. The third-order valence-electron chi connectivity index (χ3n) is 0.613. The maximum Gasteiger partial charge on any atom is 1.00 e. The molecule has 0 aliphatic rings. The number of nitrogens with one attached hydrogen (secondary N) is 1. The molecule has 1 N–H and O–H groups in total. The Labute approximate surface area is 90.7 Å². The van der Waals surface area contributed by atoms with E-state index in [2.05, 4.69) is 5.32 Å². The third-order valence-corrected chi connectivity index (χ3v) is 2.50. The van der Waals surface area contributed by atoms with Gasteiger partial charge in [-0.2, -0.15) is 0 Å². The second-order valence-corrected chi connectivity index (χ2v) is 4.62. The van der Waals surface area contributed by atoms with Gasteiger partial charge in [0.1, 0.15) is 9.15 Å². The third kappa shape index (κ3) is 10.7. The Kier molecular flexibility index (Phi) is 8.13. The molecule has 0 bridgehead atoms. The smallest absolute Gasteiger partial charge is 0.739 e. The predicted octanol–water partition coefficient (Wildman–Crippen LogP) is -4.07. The molecule has 0 saturated carbocycles. The van der Waals surface area contributed by atoms with Crippen molar-refractivity contribution in [2.75, 3.05) is 12.8 Å². The standard InChI is InChI=1S/C3H7NO4S2.Na/c1-4-3(5)2-9-10(6,7)8;/h2H2,1H3,(H,4,5)(H,6,7,8);/q;+1/p-1. The molecule has 0 heterocycles. The molecule has 0 aromatic carbocycles. The zero-order valence-electron chi connectivity index (χ0n) is 6.16. The zero-order chi connectivity index (χ0) is 8.20. The number of hydrogen-bond acceptors (Lipinski definition) is 5. The summed E-state index contributed by atoms with van der Waals surface area (Å²) in [4.78, 5) is 10.3. The number of rotatable bonds is 3. The van der Waals surface area contributed by atoms with Crippen molar-refractivity contribution in [3.63, 3.8) is 0 Å². The van der Waals surface area contributed by atoms with Gasteiger partial charge >= 0.3 is 29.6 Å². The van der Waals surface area contributed by atoms with Crippen LogP contribution in [-0.4, -0.2) is 31.7 Å². The minimum absolute atomic E-state index is 0. The molecule has 8 heteroatoms. The van der Waals surface area contributed by atoms with Crippen LogP contribution in [0.25, 0.3) is 0 Å². The van der Waals surface area contributed by atoms with Crippen LogP contribution < -0.4 is 34.9 Å². The summed E-state index contributed by atoms with van der Waals surface area (Å²) < 4.78 is 29.6. The van der Waals surface area contributed by atoms with E-state index in [1.54, 1.807) is 0 Å². The molecule has 0 spiro atoms. The Morgan fingerprint density at radius 2 is 2.09 bits per heavy atom. The summed E-state index contributed by atoms with van der Waals surface area (Å²) in [6.45, 7) is 0. The van der Waals surface area contributed by atoms with Gasteiger partial charge in [-0.25, -0.2) is 8.42 Å². The molecule has 5 nitrogen and oxygen atoms in total. The van der Waals surface area contributed by atoms with Crippen molar-refractivity contribution in [3.8, 4) is 0 Å². The molecule has 0 rings (SSSR count). The first-order valence-corrected chi connectivity index (χ1v) is 5.17. The van der Waals surface area contributed by atoms with E-state index in [0.717, 1.165) is 0 Å². The fraction of sp³-hybridized carbons (Fsp3) is 0.667. The molecule has 0 radical (unpaired) electrons. The van der Waals surface area contributed by atoms with E-state index in [1.165, 1.54) is 7.05 Å². The van der Waals surface area contributed by atoms with E-state index in [-0.39, 0.29) is 46.1 Å². The van der Waals surface area contributed by atoms with Crippen molar-refractivity contribution in [1.29, 1.82) is 0 Å². The molecule has 60 valence electrons. The SMILES string of the molecule is CNC(=O)CSS(=O)(=O)[O-].[Na+]. The van der Waals surface area contributed by atoms with Crippen LogP contribution in [0.2, 0.25) is 0 Å². The van der Waals surface area contributed by atoms with Gasteiger partial charge < -0.3 is 9.87 Å². The number of carbonyl (C=O) groups is 1. The fourth-order valence-corrected chi connectivity index (χ4v) is 1.35. The zero-order valence-corrected chi connectivity index (χ0v) is 9.79. The van der Waals surface area contributed by atoms with Gasteiger partial charge in [-0.1, -0.05) is 0 Å². The Balaban J connectivity index is 0. The van der Waals surface area contributed by atoms with Crippen LogP contribution in [0.4, 0.5) is 0 Å². The summed E-state index contributed by atoms with van der Waals surface area (Å²) in [7, 11) is -2.89. The molecule has 0 aliphatic carbocycles. The Morgan fingerprint density at radius 1 is 1.64 bits per heavy atom. The van der Waals surface area contributed by atoms with Crippen molar-refractivity contribution in [3.05, 3.63) is 0 Å². The number of amides is 1. The van der Waals surface area contributed by atoms with Crippen molar-refractivity contribution in [1.82, 2.24) is 5.32 Å². The summed E-state index contributed by atoms with van der Waals surface area (Å²) in [6, 6.07) is 0. The first-order chi connectivity index (χ1) is 4.45. The molecular formula is C3H6NNaO4S2. The van der Waals surface area contributed by atoms with Gasteiger partial charge in [0.25, 0.3) is 0 Å². The fourth-order valence-electron chi connectivity index (χ4n) is 0.198. The maximum absolute atomic E-state index is 10.3. The Bertz CT molecular complexity index is 213. The van der Waals surface area contributed by atoms with E-state index in [9.17, 15) is 17.8 Å². The predicted molar refractivity (Wildman–Crippen MR) is 36.2 cm³/mol. The van der Waals surface area contributed by atoms with Crippen LogP contribution in [0, 0.1) is 0 Å². The van der Waals surface area contributed by atoms with E-state index >= 15 is 0 Å². The molecular weight excluding hydrogens is 201 g/mol. The minimum Gasteiger partial charge on any atom is -0.739 e. The van der Waals surface area contributed by atoms with Crippen molar-refractivity contribution in [2.24, 2.45) is 0 Å². The topological polar surface area (TPSA) is 86.3 Å². The van der Waals surface area contributed by atoms with Crippen LogP contribution in [-0.2, 0) is 13.9 Å². The second-order valence-electron chi connectivity index (χ2n) is 1.34. The van der Waals surface area contributed by atoms with Gasteiger partial charge in [0.15, 0.2) is 0 Å². The monoisotopic (exact) mass is 207 g/mol. The average molecular weight is 207 g/mol. The first-order valence-electron chi connectivity index (χ1n) is 2.26. The number of hydrogen-bond donors (Lipinski definition) is 1. The van der Waals surface area contributed by atoms with Gasteiger partial charge in [0, 0.05) is 7.05 Å². The van der Waals surface area contributed by atoms with Gasteiger partial charge in [0.05, 0.1) is 5.75 Å². The molecule has 0 fully saturated rings.